The molecule has 0 aliphatic heterocycles. The molecule has 1 unspecified atom stereocenters. The minimum atomic E-state index is -1.22. The largest absolute Gasteiger partial charge is 0.465 e. The van der Waals surface area contributed by atoms with Crippen molar-refractivity contribution < 1.29 is 9.53 Å². The summed E-state index contributed by atoms with van der Waals surface area (Å²) >= 11 is 0. The van der Waals surface area contributed by atoms with Crippen molar-refractivity contribution in [3.8, 4) is 0 Å². The summed E-state index contributed by atoms with van der Waals surface area (Å²) in [6, 6.07) is 9.58. The number of carbonyl (C=O) groups excluding carboxylic acids is 1. The van der Waals surface area contributed by atoms with E-state index >= 15 is 0 Å². The Hall–Kier alpha value is -1.35. The predicted molar refractivity (Wildman–Crippen MR) is 114 cm³/mol. The van der Waals surface area contributed by atoms with Gasteiger partial charge in [0.15, 0.2) is 0 Å². The van der Waals surface area contributed by atoms with E-state index in [-0.39, 0.29) is 11.4 Å². The van der Waals surface area contributed by atoms with Gasteiger partial charge in [0.25, 0.3) is 0 Å². The van der Waals surface area contributed by atoms with Crippen LogP contribution in [0.4, 0.5) is 0 Å². The van der Waals surface area contributed by atoms with Gasteiger partial charge in [0, 0.05) is 8.07 Å². The molecule has 1 aromatic rings. The van der Waals surface area contributed by atoms with E-state index in [1.807, 2.05) is 0 Å². The lowest BCUT2D eigenvalue weighted by Gasteiger charge is -2.37. The zero-order valence-electron chi connectivity index (χ0n) is 17.6. The first-order valence-corrected chi connectivity index (χ1v) is 13.6. The van der Waals surface area contributed by atoms with E-state index in [2.05, 4.69) is 71.3 Å². The summed E-state index contributed by atoms with van der Waals surface area (Å²) in [5.74, 6) is -0.0531. The van der Waals surface area contributed by atoms with Crippen LogP contribution in [0.5, 0.6) is 0 Å². The molecule has 3 heteroatoms. The molecule has 26 heavy (non-hydrogen) atoms. The summed E-state index contributed by atoms with van der Waals surface area (Å²) in [5, 5.41) is 0. The molecule has 0 bridgehead atoms. The predicted octanol–water partition coefficient (Wildman–Crippen LogP) is 6.23. The number of hydrogen-bond acceptors (Lipinski definition) is 2. The second-order valence-electron chi connectivity index (χ2n) is 10.1. The van der Waals surface area contributed by atoms with Gasteiger partial charge in [-0.25, -0.2) is 0 Å². The molecule has 0 saturated heterocycles. The topological polar surface area (TPSA) is 26.3 Å². The fourth-order valence-corrected chi connectivity index (χ4v) is 4.37. The third-order valence-electron chi connectivity index (χ3n) is 5.44. The van der Waals surface area contributed by atoms with Crippen LogP contribution in [-0.4, -0.2) is 20.7 Å². The highest BCUT2D eigenvalue weighted by Crippen LogP contribution is 2.43. The van der Waals surface area contributed by atoms with Crippen LogP contribution in [0.1, 0.15) is 57.6 Å². The quantitative estimate of drug-likeness (QED) is 0.348. The number of ether oxygens (including phenoxy) is 1. The monoisotopic (exact) mass is 372 g/mol. The minimum absolute atomic E-state index is 0.0531. The molecule has 1 atom stereocenters. The number of allylic oxidation sites excluding steroid dienone is 1. The Morgan fingerprint density at radius 3 is 2.54 bits per heavy atom. The fourth-order valence-electron chi connectivity index (χ4n) is 3.65. The van der Waals surface area contributed by atoms with Crippen LogP contribution in [-0.2, 0) is 20.4 Å². The van der Waals surface area contributed by atoms with E-state index in [0.717, 1.165) is 30.9 Å². The molecular formula is C23H36O2Si. The SMILES string of the molecule is C=C1CCCC(C(=O)OCC[Si](C)(C)C)(c2cccc(C(C)(C)C)c2)C1. The van der Waals surface area contributed by atoms with E-state index < -0.39 is 13.5 Å². The van der Waals surface area contributed by atoms with Gasteiger partial charge in [-0.15, -0.1) is 0 Å². The van der Waals surface area contributed by atoms with Crippen molar-refractivity contribution in [1.29, 1.82) is 0 Å². The maximum absolute atomic E-state index is 13.3. The molecular weight excluding hydrogens is 336 g/mol. The number of rotatable bonds is 5. The Morgan fingerprint density at radius 1 is 1.27 bits per heavy atom. The molecule has 0 amide bonds. The number of carbonyl (C=O) groups is 1. The molecule has 0 aromatic heterocycles. The molecule has 0 N–H and O–H groups in total. The van der Waals surface area contributed by atoms with E-state index in [4.69, 9.17) is 4.74 Å². The Morgan fingerprint density at radius 2 is 1.96 bits per heavy atom. The summed E-state index contributed by atoms with van der Waals surface area (Å²) in [6.07, 6.45) is 3.59. The van der Waals surface area contributed by atoms with Gasteiger partial charge in [0.2, 0.25) is 0 Å². The van der Waals surface area contributed by atoms with Crippen LogP contribution < -0.4 is 0 Å². The van der Waals surface area contributed by atoms with Crippen molar-refractivity contribution in [2.75, 3.05) is 6.61 Å². The van der Waals surface area contributed by atoms with Gasteiger partial charge in [-0.3, -0.25) is 4.79 Å². The van der Waals surface area contributed by atoms with Crippen LogP contribution >= 0.6 is 0 Å². The molecule has 144 valence electrons. The van der Waals surface area contributed by atoms with Gasteiger partial charge in [-0.1, -0.05) is 76.8 Å². The average molecular weight is 373 g/mol. The normalized spacial score (nSPS) is 21.5. The van der Waals surface area contributed by atoms with Gasteiger partial charge >= 0.3 is 5.97 Å². The van der Waals surface area contributed by atoms with Crippen LogP contribution in [0.2, 0.25) is 25.7 Å². The molecule has 1 saturated carbocycles. The van der Waals surface area contributed by atoms with Crippen molar-refractivity contribution in [3.63, 3.8) is 0 Å². The lowest BCUT2D eigenvalue weighted by atomic mass is 9.67. The van der Waals surface area contributed by atoms with E-state index in [9.17, 15) is 4.79 Å². The average Bonchev–Trinajstić information content (AvgIpc) is 2.52. The Bertz CT molecular complexity index is 664. The maximum Gasteiger partial charge on any atom is 0.316 e. The van der Waals surface area contributed by atoms with E-state index in [1.54, 1.807) is 0 Å². The molecule has 2 nitrogen and oxygen atoms in total. The van der Waals surface area contributed by atoms with Crippen molar-refractivity contribution >= 4 is 14.0 Å². The third kappa shape index (κ3) is 5.09. The first-order valence-electron chi connectivity index (χ1n) is 9.89. The molecule has 1 aliphatic rings. The maximum atomic E-state index is 13.3. The zero-order chi connectivity index (χ0) is 19.6. The summed E-state index contributed by atoms with van der Waals surface area (Å²) in [4.78, 5) is 13.3. The molecule has 0 spiro atoms. The van der Waals surface area contributed by atoms with Gasteiger partial charge in [0.05, 0.1) is 12.0 Å². The highest BCUT2D eigenvalue weighted by molar-refractivity contribution is 6.76. The number of benzene rings is 1. The van der Waals surface area contributed by atoms with E-state index in [1.165, 1.54) is 11.1 Å². The summed E-state index contributed by atoms with van der Waals surface area (Å²) in [6.45, 7) is 18.3. The van der Waals surface area contributed by atoms with Gasteiger partial charge in [0.1, 0.15) is 0 Å². The highest BCUT2D eigenvalue weighted by atomic mass is 28.3. The van der Waals surface area contributed by atoms with Crippen molar-refractivity contribution in [2.45, 2.75) is 83.0 Å². The molecule has 1 fully saturated rings. The summed E-state index contributed by atoms with van der Waals surface area (Å²) in [5.41, 5.74) is 3.03. The van der Waals surface area contributed by atoms with Crippen molar-refractivity contribution in [1.82, 2.24) is 0 Å². The summed E-state index contributed by atoms with van der Waals surface area (Å²) in [7, 11) is -1.22. The Balaban J connectivity index is 2.34. The van der Waals surface area contributed by atoms with Crippen molar-refractivity contribution in [3.05, 3.63) is 47.5 Å². The van der Waals surface area contributed by atoms with Crippen LogP contribution in [0, 0.1) is 0 Å². The minimum Gasteiger partial charge on any atom is -0.465 e. The Labute approximate surface area is 161 Å². The fraction of sp³-hybridized carbons (Fsp3) is 0.609. The smallest absolute Gasteiger partial charge is 0.316 e. The van der Waals surface area contributed by atoms with Crippen LogP contribution in [0.3, 0.4) is 0 Å². The molecule has 0 heterocycles. The second kappa shape index (κ2) is 7.72. The van der Waals surface area contributed by atoms with Crippen LogP contribution in [0.25, 0.3) is 0 Å². The van der Waals surface area contributed by atoms with Crippen molar-refractivity contribution in [2.24, 2.45) is 0 Å². The lowest BCUT2D eigenvalue weighted by Crippen LogP contribution is -2.40. The second-order valence-corrected chi connectivity index (χ2v) is 15.8. The zero-order valence-corrected chi connectivity index (χ0v) is 18.6. The number of hydrogen-bond donors (Lipinski definition) is 0. The lowest BCUT2D eigenvalue weighted by molar-refractivity contribution is -0.151. The van der Waals surface area contributed by atoms with Gasteiger partial charge in [-0.05, 0) is 48.3 Å². The molecule has 2 rings (SSSR count). The van der Waals surface area contributed by atoms with Gasteiger partial charge in [-0.2, -0.15) is 0 Å². The first kappa shape index (κ1) is 21.0. The number of esters is 1. The van der Waals surface area contributed by atoms with E-state index in [0.29, 0.717) is 13.0 Å². The standard InChI is InChI=1S/C23H36O2Si/c1-18-10-9-13-23(17-18,21(24)25-14-15-26(5,6)7)20-12-8-11-19(16-20)22(2,3)4/h8,11-12,16H,1,9-10,13-15,17H2,2-7H3. The van der Waals surface area contributed by atoms with Gasteiger partial charge < -0.3 is 4.74 Å². The third-order valence-corrected chi connectivity index (χ3v) is 7.15. The van der Waals surface area contributed by atoms with Crippen LogP contribution in [0.15, 0.2) is 36.4 Å². The molecule has 0 radical (unpaired) electrons. The summed E-state index contributed by atoms with van der Waals surface area (Å²) < 4.78 is 5.84. The Kier molecular flexibility index (Phi) is 6.22. The highest BCUT2D eigenvalue weighted by Gasteiger charge is 2.44. The molecule has 1 aliphatic carbocycles. The molecule has 1 aromatic carbocycles. The first-order chi connectivity index (χ1) is 11.9.